The standard InChI is InChI=1S/C40H74NO7P/c1-6-8-10-12-14-16-18-20-22-24-26-28-30-32-35-45-37-39(38-47-49(43,44)46-36-34-41(3,4)5)48-40(42)33-31-29-27-25-23-21-19-17-15-13-11-9-7-2/h8,10,14,16,20,22,26,28,39H,6-7,9,11-13,15,17-19,21,23-25,27,29-38H2,1-5H3/b10-8-,16-14-,22-20-,28-26-. The smallest absolute Gasteiger partial charge is 0.306 e. The van der Waals surface area contributed by atoms with Crippen LogP contribution in [0.25, 0.3) is 0 Å². The first-order valence-electron chi connectivity index (χ1n) is 19.4. The Morgan fingerprint density at radius 1 is 0.653 bits per heavy atom. The predicted molar refractivity (Wildman–Crippen MR) is 203 cm³/mol. The number of allylic oxidation sites excluding steroid dienone is 8. The highest BCUT2D eigenvalue weighted by atomic mass is 31.2. The summed E-state index contributed by atoms with van der Waals surface area (Å²) in [5.41, 5.74) is 0. The van der Waals surface area contributed by atoms with Crippen molar-refractivity contribution in [3.8, 4) is 0 Å². The Labute approximate surface area is 301 Å². The van der Waals surface area contributed by atoms with E-state index in [9.17, 15) is 14.3 Å². The van der Waals surface area contributed by atoms with Gasteiger partial charge in [-0.05, 0) is 44.9 Å². The maximum atomic E-state index is 12.6. The van der Waals surface area contributed by atoms with Crippen LogP contribution >= 0.6 is 7.82 Å². The molecule has 0 rings (SSSR count). The van der Waals surface area contributed by atoms with Crippen LogP contribution in [0.15, 0.2) is 48.6 Å². The lowest BCUT2D eigenvalue weighted by molar-refractivity contribution is -0.870. The van der Waals surface area contributed by atoms with Gasteiger partial charge in [0.1, 0.15) is 19.3 Å². The Kier molecular flexibility index (Phi) is 32.5. The zero-order chi connectivity index (χ0) is 36.3. The molecule has 8 nitrogen and oxygen atoms in total. The summed E-state index contributed by atoms with van der Waals surface area (Å²) < 4.78 is 34.4. The fourth-order valence-electron chi connectivity index (χ4n) is 4.90. The summed E-state index contributed by atoms with van der Waals surface area (Å²) in [5.74, 6) is -0.355. The van der Waals surface area contributed by atoms with Gasteiger partial charge >= 0.3 is 5.97 Å². The molecule has 2 atom stereocenters. The van der Waals surface area contributed by atoms with Crippen LogP contribution in [0.1, 0.15) is 142 Å². The van der Waals surface area contributed by atoms with Crippen LogP contribution in [0.2, 0.25) is 0 Å². The van der Waals surface area contributed by atoms with E-state index in [-0.39, 0.29) is 25.8 Å². The third-order valence-corrected chi connectivity index (χ3v) is 8.86. The van der Waals surface area contributed by atoms with Crippen LogP contribution < -0.4 is 4.89 Å². The fraction of sp³-hybridized carbons (Fsp3) is 0.775. The van der Waals surface area contributed by atoms with E-state index in [1.165, 1.54) is 64.2 Å². The van der Waals surface area contributed by atoms with Crippen molar-refractivity contribution in [2.75, 3.05) is 54.1 Å². The minimum atomic E-state index is -4.53. The average Bonchev–Trinajstić information content (AvgIpc) is 3.04. The lowest BCUT2D eigenvalue weighted by Gasteiger charge is -2.28. The van der Waals surface area contributed by atoms with Gasteiger partial charge in [-0.1, -0.05) is 140 Å². The minimum Gasteiger partial charge on any atom is -0.756 e. The van der Waals surface area contributed by atoms with Crippen molar-refractivity contribution in [1.29, 1.82) is 0 Å². The Morgan fingerprint density at radius 3 is 1.69 bits per heavy atom. The van der Waals surface area contributed by atoms with Gasteiger partial charge in [-0.25, -0.2) is 0 Å². The average molecular weight is 712 g/mol. The zero-order valence-electron chi connectivity index (χ0n) is 32.1. The summed E-state index contributed by atoms with van der Waals surface area (Å²) in [6, 6.07) is 0. The summed E-state index contributed by atoms with van der Waals surface area (Å²) in [6.45, 7) is 5.13. The van der Waals surface area contributed by atoms with Crippen LogP contribution in [0, 0.1) is 0 Å². The number of unbranched alkanes of at least 4 members (excludes halogenated alkanes) is 13. The second-order valence-corrected chi connectivity index (χ2v) is 15.3. The summed E-state index contributed by atoms with van der Waals surface area (Å²) in [7, 11) is 1.32. The van der Waals surface area contributed by atoms with Crippen LogP contribution in [-0.4, -0.2) is 70.7 Å². The van der Waals surface area contributed by atoms with Crippen molar-refractivity contribution in [2.24, 2.45) is 0 Å². The van der Waals surface area contributed by atoms with Crippen molar-refractivity contribution in [2.45, 2.75) is 148 Å². The summed E-state index contributed by atoms with van der Waals surface area (Å²) in [5, 5.41) is 0. The van der Waals surface area contributed by atoms with Gasteiger partial charge < -0.3 is 27.9 Å². The molecule has 0 aromatic heterocycles. The molecule has 0 fully saturated rings. The highest BCUT2D eigenvalue weighted by Crippen LogP contribution is 2.38. The van der Waals surface area contributed by atoms with Gasteiger partial charge in [-0.2, -0.15) is 0 Å². The lowest BCUT2D eigenvalue weighted by atomic mass is 10.0. The third-order valence-electron chi connectivity index (χ3n) is 7.89. The van der Waals surface area contributed by atoms with Crippen molar-refractivity contribution >= 4 is 13.8 Å². The minimum absolute atomic E-state index is 0.0155. The second kappa shape index (κ2) is 33.6. The van der Waals surface area contributed by atoms with E-state index in [1.54, 1.807) is 0 Å². The van der Waals surface area contributed by atoms with Gasteiger partial charge in [0.15, 0.2) is 0 Å². The van der Waals surface area contributed by atoms with E-state index < -0.39 is 13.9 Å². The Hall–Kier alpha value is -1.54. The quantitative estimate of drug-likeness (QED) is 0.0212. The van der Waals surface area contributed by atoms with Crippen LogP contribution in [0.5, 0.6) is 0 Å². The number of carbonyl (C=O) groups is 1. The first kappa shape index (κ1) is 47.5. The number of hydrogen-bond acceptors (Lipinski definition) is 7. The molecule has 0 aromatic carbocycles. The SMILES string of the molecule is CC/C=C\C/C=C\C/C=C\C/C=C\CCCOCC(COP(=O)([O-])OCC[N+](C)(C)C)OC(=O)CCCCCCCCCCCCCCC. The summed E-state index contributed by atoms with van der Waals surface area (Å²) >= 11 is 0. The molecule has 0 N–H and O–H groups in total. The highest BCUT2D eigenvalue weighted by molar-refractivity contribution is 7.45. The van der Waals surface area contributed by atoms with E-state index in [0.717, 1.165) is 57.8 Å². The van der Waals surface area contributed by atoms with Crippen LogP contribution in [-0.2, 0) is 27.9 Å². The molecule has 0 saturated carbocycles. The normalized spacial score (nSPS) is 14.5. The molecule has 9 heteroatoms. The Balaban J connectivity index is 4.39. The van der Waals surface area contributed by atoms with Crippen LogP contribution in [0.3, 0.4) is 0 Å². The van der Waals surface area contributed by atoms with Gasteiger partial charge in [-0.3, -0.25) is 9.36 Å². The molecule has 0 aliphatic carbocycles. The molecule has 0 aliphatic rings. The molecule has 0 amide bonds. The molecule has 0 radical (unpaired) electrons. The molecule has 2 unspecified atom stereocenters. The number of quaternary nitrogens is 1. The number of rotatable bonds is 35. The van der Waals surface area contributed by atoms with Gasteiger partial charge in [0.2, 0.25) is 0 Å². The third kappa shape index (κ3) is 37.5. The molecule has 0 bridgehead atoms. The van der Waals surface area contributed by atoms with Crippen molar-refractivity contribution in [3.05, 3.63) is 48.6 Å². The first-order valence-corrected chi connectivity index (χ1v) is 20.8. The number of phosphoric acid groups is 1. The van der Waals surface area contributed by atoms with Crippen LogP contribution in [0.4, 0.5) is 0 Å². The molecule has 0 aliphatic heterocycles. The predicted octanol–water partition coefficient (Wildman–Crippen LogP) is 10.2. The Morgan fingerprint density at radius 2 is 1.16 bits per heavy atom. The van der Waals surface area contributed by atoms with Crippen molar-refractivity contribution < 1.29 is 37.3 Å². The number of carbonyl (C=O) groups excluding carboxylic acids is 1. The van der Waals surface area contributed by atoms with E-state index in [4.69, 9.17) is 18.5 Å². The molecule has 0 aromatic rings. The largest absolute Gasteiger partial charge is 0.756 e. The maximum absolute atomic E-state index is 12.6. The topological polar surface area (TPSA) is 94.1 Å². The van der Waals surface area contributed by atoms with Crippen molar-refractivity contribution in [1.82, 2.24) is 0 Å². The van der Waals surface area contributed by atoms with E-state index in [2.05, 4.69) is 62.5 Å². The molecule has 286 valence electrons. The van der Waals surface area contributed by atoms with Gasteiger partial charge in [0.25, 0.3) is 7.82 Å². The van der Waals surface area contributed by atoms with Gasteiger partial charge in [-0.15, -0.1) is 0 Å². The summed E-state index contributed by atoms with van der Waals surface area (Å²) in [6.07, 6.45) is 38.4. The lowest BCUT2D eigenvalue weighted by Crippen LogP contribution is -2.37. The Bertz CT molecular complexity index is 926. The van der Waals surface area contributed by atoms with Crippen molar-refractivity contribution in [3.63, 3.8) is 0 Å². The summed E-state index contributed by atoms with van der Waals surface area (Å²) in [4.78, 5) is 24.9. The first-order chi connectivity index (χ1) is 23.6. The molecule has 0 heterocycles. The van der Waals surface area contributed by atoms with E-state index >= 15 is 0 Å². The number of nitrogens with zero attached hydrogens (tertiary/aromatic N) is 1. The van der Waals surface area contributed by atoms with E-state index in [1.807, 2.05) is 21.1 Å². The zero-order valence-corrected chi connectivity index (χ0v) is 33.0. The molecular formula is C40H74NO7P. The number of hydrogen-bond donors (Lipinski definition) is 0. The molecular weight excluding hydrogens is 637 g/mol. The number of likely N-dealkylation sites (N-methyl/N-ethyl adjacent to an activating group) is 1. The number of phosphoric ester groups is 1. The maximum Gasteiger partial charge on any atom is 0.306 e. The number of esters is 1. The fourth-order valence-corrected chi connectivity index (χ4v) is 5.63. The van der Waals surface area contributed by atoms with E-state index in [0.29, 0.717) is 24.1 Å². The molecule has 49 heavy (non-hydrogen) atoms. The van der Waals surface area contributed by atoms with Gasteiger partial charge in [0, 0.05) is 13.0 Å². The number of ether oxygens (including phenoxy) is 2. The monoisotopic (exact) mass is 712 g/mol. The highest BCUT2D eigenvalue weighted by Gasteiger charge is 2.20. The second-order valence-electron chi connectivity index (χ2n) is 13.9. The molecule has 0 saturated heterocycles. The van der Waals surface area contributed by atoms with Gasteiger partial charge in [0.05, 0.1) is 34.4 Å². The molecule has 0 spiro atoms.